The van der Waals surface area contributed by atoms with Crippen molar-refractivity contribution in [3.63, 3.8) is 0 Å². The van der Waals surface area contributed by atoms with Crippen molar-refractivity contribution >= 4 is 6.08 Å². The van der Waals surface area contributed by atoms with Gasteiger partial charge in [-0.15, -0.1) is 0 Å². The Morgan fingerprint density at radius 2 is 1.59 bits per heavy atom. The van der Waals surface area contributed by atoms with Crippen LogP contribution >= 0.6 is 0 Å². The second kappa shape index (κ2) is 10.7. The summed E-state index contributed by atoms with van der Waals surface area (Å²) < 4.78 is 63.0. The lowest BCUT2D eigenvalue weighted by atomic mass is 9.77. The summed E-state index contributed by atoms with van der Waals surface area (Å²) in [4.78, 5) is 0. The van der Waals surface area contributed by atoms with Crippen molar-refractivity contribution in [1.82, 2.24) is 0 Å². The van der Waals surface area contributed by atoms with Gasteiger partial charge in [-0.25, -0.2) is 17.6 Å². The molecule has 0 saturated heterocycles. The van der Waals surface area contributed by atoms with Gasteiger partial charge in [0.05, 0.1) is 0 Å². The Morgan fingerprint density at radius 1 is 0.882 bits per heavy atom. The smallest absolute Gasteiger partial charge is 0.166 e. The third-order valence-corrected chi connectivity index (χ3v) is 7.24. The van der Waals surface area contributed by atoms with Crippen LogP contribution < -0.4 is 0 Å². The van der Waals surface area contributed by atoms with Gasteiger partial charge in [-0.3, -0.25) is 0 Å². The van der Waals surface area contributed by atoms with Gasteiger partial charge in [0.2, 0.25) is 0 Å². The van der Waals surface area contributed by atoms with E-state index in [1.165, 1.54) is 13.2 Å². The Hall–Kier alpha value is -2.66. The molecule has 2 aliphatic carbocycles. The Labute approximate surface area is 198 Å². The molecule has 0 aliphatic heterocycles. The van der Waals surface area contributed by atoms with Crippen LogP contribution in [-0.2, 0) is 4.74 Å². The van der Waals surface area contributed by atoms with Gasteiger partial charge in [-0.1, -0.05) is 68.0 Å². The Morgan fingerprint density at radius 3 is 2.24 bits per heavy atom. The Bertz CT molecular complexity index is 1110. The third-order valence-electron chi connectivity index (χ3n) is 7.24. The second-order valence-electron chi connectivity index (χ2n) is 9.19. The highest BCUT2D eigenvalue weighted by atomic mass is 19.2. The normalized spacial score (nSPS) is 23.5. The number of benzene rings is 2. The molecule has 0 N–H and O–H groups in total. The molecule has 1 unspecified atom stereocenters. The summed E-state index contributed by atoms with van der Waals surface area (Å²) in [6, 6.07) is 10.3. The van der Waals surface area contributed by atoms with Crippen molar-refractivity contribution in [2.45, 2.75) is 57.5 Å². The maximum absolute atomic E-state index is 15.0. The molecule has 0 bridgehead atoms. The predicted octanol–water partition coefficient (Wildman–Crippen LogP) is 8.82. The molecule has 180 valence electrons. The fraction of sp³-hybridized carbons (Fsp3) is 0.379. The zero-order chi connectivity index (χ0) is 24.2. The molecule has 2 aromatic rings. The molecule has 1 fully saturated rings. The molecular formula is C29H30F4O. The first-order chi connectivity index (χ1) is 16.4. The number of ether oxygens (including phenoxy) is 1. The van der Waals surface area contributed by atoms with Gasteiger partial charge in [-0.2, -0.15) is 0 Å². The first kappa shape index (κ1) is 24.5. The van der Waals surface area contributed by atoms with E-state index in [0.29, 0.717) is 17.0 Å². The van der Waals surface area contributed by atoms with Crippen LogP contribution in [0.3, 0.4) is 0 Å². The van der Waals surface area contributed by atoms with Crippen molar-refractivity contribution in [3.05, 3.63) is 88.5 Å². The molecule has 0 radical (unpaired) electrons. The van der Waals surface area contributed by atoms with E-state index in [9.17, 15) is 17.6 Å². The molecule has 2 aliphatic rings. The molecular weight excluding hydrogens is 440 g/mol. The van der Waals surface area contributed by atoms with Gasteiger partial charge >= 0.3 is 0 Å². The first-order valence-corrected chi connectivity index (χ1v) is 12.0. The predicted molar refractivity (Wildman–Crippen MR) is 129 cm³/mol. The molecule has 0 spiro atoms. The van der Waals surface area contributed by atoms with E-state index in [1.807, 2.05) is 0 Å². The summed E-state index contributed by atoms with van der Waals surface area (Å²) in [5.74, 6) is -2.62. The van der Waals surface area contributed by atoms with Gasteiger partial charge in [0.15, 0.2) is 23.3 Å². The summed E-state index contributed by atoms with van der Waals surface area (Å²) in [6.45, 7) is 2.18. The van der Waals surface area contributed by atoms with Crippen LogP contribution in [0.4, 0.5) is 17.6 Å². The van der Waals surface area contributed by atoms with Crippen molar-refractivity contribution in [1.29, 1.82) is 0 Å². The van der Waals surface area contributed by atoms with E-state index in [-0.39, 0.29) is 23.5 Å². The van der Waals surface area contributed by atoms with E-state index >= 15 is 0 Å². The number of allylic oxidation sites excluding steroid dienone is 3. The van der Waals surface area contributed by atoms with E-state index in [1.54, 1.807) is 48.6 Å². The molecule has 1 nitrogen and oxygen atoms in total. The van der Waals surface area contributed by atoms with Crippen LogP contribution in [0.1, 0.15) is 62.5 Å². The summed E-state index contributed by atoms with van der Waals surface area (Å²) >= 11 is 0. The number of rotatable bonds is 6. The van der Waals surface area contributed by atoms with E-state index in [2.05, 4.69) is 6.92 Å². The lowest BCUT2D eigenvalue weighted by Gasteiger charge is -2.28. The minimum atomic E-state index is -0.924. The fourth-order valence-corrected chi connectivity index (χ4v) is 4.99. The quantitative estimate of drug-likeness (QED) is 0.383. The van der Waals surface area contributed by atoms with Crippen molar-refractivity contribution in [2.24, 2.45) is 5.92 Å². The minimum absolute atomic E-state index is 0.0754. The van der Waals surface area contributed by atoms with Crippen molar-refractivity contribution in [2.75, 3.05) is 7.11 Å². The molecule has 0 aromatic heterocycles. The van der Waals surface area contributed by atoms with Gasteiger partial charge in [-0.05, 0) is 60.6 Å². The number of halogens is 4. The molecule has 1 saturated carbocycles. The summed E-state index contributed by atoms with van der Waals surface area (Å²) in [7, 11) is 1.34. The standard InChI is InChI=1S/C29H30F4O/c1-3-18-4-9-20(10-5-18)23-15-16-24(28(32)27(23)31)21-11-6-19(7-12-21)8-13-22-14-17-25(34-2)29(33)26(22)30/h6-8,11-16,18,20,25H,3-5,9-10,17H2,1-2H3/b13-8+. The van der Waals surface area contributed by atoms with Crippen LogP contribution in [-0.4, -0.2) is 13.2 Å². The minimum Gasteiger partial charge on any atom is -0.374 e. The second-order valence-corrected chi connectivity index (χ2v) is 9.19. The Kier molecular flexibility index (Phi) is 7.72. The molecule has 2 aromatic carbocycles. The number of hydrogen-bond acceptors (Lipinski definition) is 1. The average Bonchev–Trinajstić information content (AvgIpc) is 2.87. The molecule has 5 heteroatoms. The fourth-order valence-electron chi connectivity index (χ4n) is 4.99. The molecule has 1 atom stereocenters. The molecule has 34 heavy (non-hydrogen) atoms. The van der Waals surface area contributed by atoms with Gasteiger partial charge in [0.25, 0.3) is 0 Å². The monoisotopic (exact) mass is 470 g/mol. The zero-order valence-corrected chi connectivity index (χ0v) is 19.6. The van der Waals surface area contributed by atoms with Crippen LogP contribution in [0.25, 0.3) is 17.2 Å². The number of hydrogen-bond donors (Lipinski definition) is 0. The van der Waals surface area contributed by atoms with Crippen molar-refractivity contribution in [3.8, 4) is 11.1 Å². The van der Waals surface area contributed by atoms with E-state index < -0.39 is 29.4 Å². The highest BCUT2D eigenvalue weighted by molar-refractivity contribution is 5.67. The number of methoxy groups -OCH3 is 1. The third kappa shape index (κ3) is 5.05. The topological polar surface area (TPSA) is 9.23 Å². The SMILES string of the molecule is CCC1CCC(c2ccc(-c3ccc(/C=C/C4=CCC(OC)C(F)=C4F)cc3)c(F)c2F)CC1. The van der Waals surface area contributed by atoms with E-state index in [4.69, 9.17) is 4.74 Å². The lowest BCUT2D eigenvalue weighted by Crippen LogP contribution is -2.15. The first-order valence-electron chi connectivity index (χ1n) is 12.0. The summed E-state index contributed by atoms with van der Waals surface area (Å²) in [5.41, 5.74) is 2.15. The van der Waals surface area contributed by atoms with Gasteiger partial charge in [0.1, 0.15) is 6.10 Å². The van der Waals surface area contributed by atoms with Crippen LogP contribution in [0.5, 0.6) is 0 Å². The van der Waals surface area contributed by atoms with Crippen LogP contribution in [0, 0.1) is 17.6 Å². The van der Waals surface area contributed by atoms with Crippen LogP contribution in [0.2, 0.25) is 0 Å². The molecule has 4 rings (SSSR count). The van der Waals surface area contributed by atoms with Gasteiger partial charge in [0, 0.05) is 18.2 Å². The largest absolute Gasteiger partial charge is 0.374 e. The average molecular weight is 471 g/mol. The lowest BCUT2D eigenvalue weighted by molar-refractivity contribution is 0.109. The molecule has 0 heterocycles. The zero-order valence-electron chi connectivity index (χ0n) is 19.6. The maximum Gasteiger partial charge on any atom is 0.166 e. The highest BCUT2D eigenvalue weighted by Gasteiger charge is 2.26. The maximum atomic E-state index is 15.0. The van der Waals surface area contributed by atoms with E-state index in [0.717, 1.165) is 37.7 Å². The van der Waals surface area contributed by atoms with Crippen molar-refractivity contribution < 1.29 is 22.3 Å². The van der Waals surface area contributed by atoms with Gasteiger partial charge < -0.3 is 4.74 Å². The molecule has 0 amide bonds. The summed E-state index contributed by atoms with van der Waals surface area (Å²) in [5, 5.41) is 0. The Balaban J connectivity index is 1.48. The summed E-state index contributed by atoms with van der Waals surface area (Å²) in [6.07, 6.45) is 9.19. The highest BCUT2D eigenvalue weighted by Crippen LogP contribution is 2.39. The van der Waals surface area contributed by atoms with Crippen LogP contribution in [0.15, 0.2) is 65.8 Å².